The van der Waals surface area contributed by atoms with Crippen LogP contribution < -0.4 is 5.32 Å². The molecule has 0 bridgehead atoms. The van der Waals surface area contributed by atoms with Crippen LogP contribution >= 0.6 is 11.6 Å². The topological polar surface area (TPSA) is 37.8 Å². The van der Waals surface area contributed by atoms with Crippen molar-refractivity contribution in [2.45, 2.75) is 26.7 Å². The molecule has 0 amide bonds. The highest BCUT2D eigenvalue weighted by Gasteiger charge is 2.10. The first-order chi connectivity index (χ1) is 6.06. The minimum Gasteiger partial charge on any atom is -0.373 e. The molecule has 0 saturated heterocycles. The maximum atomic E-state index is 5.95. The SMILES string of the molecule is CNc1nc(C(C)C)nc(Cl)c1C. The standard InChI is InChI=1S/C9H14ClN3/c1-5(2)8-12-7(10)6(3)9(11-4)13-8/h5H,1-4H3,(H,11,12,13). The lowest BCUT2D eigenvalue weighted by molar-refractivity contribution is 0.773. The summed E-state index contributed by atoms with van der Waals surface area (Å²) in [7, 11) is 1.83. The second kappa shape index (κ2) is 3.92. The highest BCUT2D eigenvalue weighted by Crippen LogP contribution is 2.22. The molecule has 4 heteroatoms. The Morgan fingerprint density at radius 1 is 1.31 bits per heavy atom. The van der Waals surface area contributed by atoms with E-state index in [0.717, 1.165) is 17.2 Å². The molecule has 1 heterocycles. The van der Waals surface area contributed by atoms with Crippen LogP contribution in [0.5, 0.6) is 0 Å². The number of hydrogen-bond donors (Lipinski definition) is 1. The van der Waals surface area contributed by atoms with Crippen LogP contribution in [0, 0.1) is 6.92 Å². The Bertz CT molecular complexity index is 310. The third kappa shape index (κ3) is 2.10. The van der Waals surface area contributed by atoms with Crippen LogP contribution in [0.15, 0.2) is 0 Å². The molecule has 0 aliphatic heterocycles. The van der Waals surface area contributed by atoms with Crippen molar-refractivity contribution in [1.29, 1.82) is 0 Å². The van der Waals surface area contributed by atoms with Gasteiger partial charge in [-0.05, 0) is 6.92 Å². The number of hydrogen-bond acceptors (Lipinski definition) is 3. The first-order valence-corrected chi connectivity index (χ1v) is 4.65. The molecular weight excluding hydrogens is 186 g/mol. The van der Waals surface area contributed by atoms with E-state index < -0.39 is 0 Å². The number of anilines is 1. The summed E-state index contributed by atoms with van der Waals surface area (Å²) in [4.78, 5) is 8.54. The molecule has 0 atom stereocenters. The summed E-state index contributed by atoms with van der Waals surface area (Å²) in [5, 5.41) is 3.53. The van der Waals surface area contributed by atoms with Crippen molar-refractivity contribution < 1.29 is 0 Å². The van der Waals surface area contributed by atoms with E-state index in [0.29, 0.717) is 11.1 Å². The summed E-state index contributed by atoms with van der Waals surface area (Å²) < 4.78 is 0. The molecule has 0 saturated carbocycles. The van der Waals surface area contributed by atoms with E-state index in [1.54, 1.807) is 0 Å². The Labute approximate surface area is 83.5 Å². The van der Waals surface area contributed by atoms with E-state index in [9.17, 15) is 0 Å². The number of aromatic nitrogens is 2. The average molecular weight is 200 g/mol. The van der Waals surface area contributed by atoms with Crippen LogP contribution in [0.2, 0.25) is 5.15 Å². The molecule has 0 spiro atoms. The quantitative estimate of drug-likeness (QED) is 0.745. The maximum absolute atomic E-state index is 5.95. The molecule has 1 aromatic heterocycles. The monoisotopic (exact) mass is 199 g/mol. The zero-order chi connectivity index (χ0) is 10.0. The summed E-state index contributed by atoms with van der Waals surface area (Å²) in [6.07, 6.45) is 0. The van der Waals surface area contributed by atoms with E-state index in [1.165, 1.54) is 0 Å². The molecule has 1 aromatic rings. The molecule has 0 aliphatic carbocycles. The molecule has 1 rings (SSSR count). The molecule has 3 nitrogen and oxygen atoms in total. The lowest BCUT2D eigenvalue weighted by Crippen LogP contribution is -2.04. The van der Waals surface area contributed by atoms with E-state index >= 15 is 0 Å². The van der Waals surface area contributed by atoms with Gasteiger partial charge in [-0.1, -0.05) is 25.4 Å². The number of rotatable bonds is 2. The molecule has 13 heavy (non-hydrogen) atoms. The van der Waals surface area contributed by atoms with Gasteiger partial charge in [-0.2, -0.15) is 0 Å². The zero-order valence-electron chi connectivity index (χ0n) is 8.35. The summed E-state index contributed by atoms with van der Waals surface area (Å²) >= 11 is 5.95. The summed E-state index contributed by atoms with van der Waals surface area (Å²) in [6, 6.07) is 0. The molecule has 1 N–H and O–H groups in total. The molecule has 0 aromatic carbocycles. The fraction of sp³-hybridized carbons (Fsp3) is 0.556. The van der Waals surface area contributed by atoms with Gasteiger partial charge in [0.25, 0.3) is 0 Å². The average Bonchev–Trinajstić information content (AvgIpc) is 2.09. The van der Waals surface area contributed by atoms with Crippen molar-refractivity contribution in [2.24, 2.45) is 0 Å². The van der Waals surface area contributed by atoms with Gasteiger partial charge in [0.15, 0.2) is 0 Å². The Morgan fingerprint density at radius 3 is 2.38 bits per heavy atom. The van der Waals surface area contributed by atoms with Gasteiger partial charge >= 0.3 is 0 Å². The Balaban J connectivity index is 3.22. The van der Waals surface area contributed by atoms with Gasteiger partial charge in [-0.25, -0.2) is 9.97 Å². The Kier molecular flexibility index (Phi) is 3.09. The van der Waals surface area contributed by atoms with E-state index in [1.807, 2.05) is 27.8 Å². The summed E-state index contributed by atoms with van der Waals surface area (Å²) in [5.74, 6) is 1.88. The van der Waals surface area contributed by atoms with Crippen molar-refractivity contribution in [2.75, 3.05) is 12.4 Å². The molecule has 0 fully saturated rings. The fourth-order valence-electron chi connectivity index (χ4n) is 1.01. The molecule has 0 aliphatic rings. The first kappa shape index (κ1) is 10.3. The van der Waals surface area contributed by atoms with Gasteiger partial charge in [-0.3, -0.25) is 0 Å². The van der Waals surface area contributed by atoms with E-state index in [2.05, 4.69) is 15.3 Å². The Morgan fingerprint density at radius 2 is 1.92 bits per heavy atom. The molecular formula is C9H14ClN3. The lowest BCUT2D eigenvalue weighted by Gasteiger charge is -2.09. The van der Waals surface area contributed by atoms with Crippen LogP contribution in [0.1, 0.15) is 31.2 Å². The smallest absolute Gasteiger partial charge is 0.137 e. The number of nitrogens with one attached hydrogen (secondary N) is 1. The highest BCUT2D eigenvalue weighted by molar-refractivity contribution is 6.30. The minimum atomic E-state index is 0.296. The van der Waals surface area contributed by atoms with Crippen molar-refractivity contribution in [1.82, 2.24) is 9.97 Å². The van der Waals surface area contributed by atoms with E-state index in [-0.39, 0.29) is 0 Å². The second-order valence-electron chi connectivity index (χ2n) is 3.25. The largest absolute Gasteiger partial charge is 0.373 e. The van der Waals surface area contributed by atoms with Crippen LogP contribution in [0.4, 0.5) is 5.82 Å². The van der Waals surface area contributed by atoms with Gasteiger partial charge in [0.2, 0.25) is 0 Å². The van der Waals surface area contributed by atoms with E-state index in [4.69, 9.17) is 11.6 Å². The summed E-state index contributed by atoms with van der Waals surface area (Å²) in [5.41, 5.74) is 0.897. The van der Waals surface area contributed by atoms with Crippen molar-refractivity contribution in [3.8, 4) is 0 Å². The summed E-state index contributed by atoms with van der Waals surface area (Å²) in [6.45, 7) is 5.99. The van der Waals surface area contributed by atoms with Crippen LogP contribution in [-0.2, 0) is 0 Å². The number of nitrogens with zero attached hydrogens (tertiary/aromatic N) is 2. The molecule has 0 radical (unpaired) electrons. The van der Waals surface area contributed by atoms with Crippen molar-refractivity contribution in [3.63, 3.8) is 0 Å². The van der Waals surface area contributed by atoms with Crippen molar-refractivity contribution in [3.05, 3.63) is 16.5 Å². The van der Waals surface area contributed by atoms with Gasteiger partial charge in [0, 0.05) is 18.5 Å². The lowest BCUT2D eigenvalue weighted by atomic mass is 10.2. The van der Waals surface area contributed by atoms with Crippen molar-refractivity contribution >= 4 is 17.4 Å². The predicted octanol–water partition coefficient (Wildman–Crippen LogP) is 2.60. The van der Waals surface area contributed by atoms with Gasteiger partial charge in [0.1, 0.15) is 16.8 Å². The highest BCUT2D eigenvalue weighted by atomic mass is 35.5. The zero-order valence-corrected chi connectivity index (χ0v) is 9.11. The minimum absolute atomic E-state index is 0.296. The van der Waals surface area contributed by atoms with Crippen LogP contribution in [0.3, 0.4) is 0 Å². The van der Waals surface area contributed by atoms with Gasteiger partial charge in [-0.15, -0.1) is 0 Å². The maximum Gasteiger partial charge on any atom is 0.137 e. The van der Waals surface area contributed by atoms with Crippen LogP contribution in [-0.4, -0.2) is 17.0 Å². The second-order valence-corrected chi connectivity index (χ2v) is 3.61. The fourth-order valence-corrected chi connectivity index (χ4v) is 1.18. The third-order valence-corrected chi connectivity index (χ3v) is 2.22. The van der Waals surface area contributed by atoms with Crippen LogP contribution in [0.25, 0.3) is 0 Å². The molecule has 0 unspecified atom stereocenters. The third-order valence-electron chi connectivity index (χ3n) is 1.86. The number of halogens is 1. The van der Waals surface area contributed by atoms with Gasteiger partial charge in [0.05, 0.1) is 0 Å². The normalized spacial score (nSPS) is 10.6. The predicted molar refractivity (Wildman–Crippen MR) is 55.4 cm³/mol. The molecule has 72 valence electrons. The first-order valence-electron chi connectivity index (χ1n) is 4.28. The van der Waals surface area contributed by atoms with Gasteiger partial charge < -0.3 is 5.32 Å². The Hall–Kier alpha value is -0.830.